The van der Waals surface area contributed by atoms with Gasteiger partial charge in [-0.3, -0.25) is 0 Å². The molecule has 1 N–H and O–H groups in total. The first-order chi connectivity index (χ1) is 3.70. The fraction of sp³-hybridized carbons (Fsp3) is 0.800. The summed E-state index contributed by atoms with van der Waals surface area (Å²) in [7, 11) is 0. The number of aliphatic carboxylic acids is 1. The molecule has 9 heavy (non-hydrogen) atoms. The van der Waals surface area contributed by atoms with E-state index in [-0.39, 0.29) is 35.5 Å². The van der Waals surface area contributed by atoms with E-state index in [2.05, 4.69) is 0 Å². The molecule has 1 rings (SSSR count). The minimum absolute atomic E-state index is 0. The Morgan fingerprint density at radius 3 is 2.11 bits per heavy atom. The number of aliphatic hydroxyl groups excluding tert-OH is 1. The maximum atomic E-state index is 9.90. The molecule has 0 aromatic rings. The molecule has 0 heterocycles. The summed E-state index contributed by atoms with van der Waals surface area (Å²) in [5.41, 5.74) is 0. The summed E-state index contributed by atoms with van der Waals surface area (Å²) < 4.78 is 0. The molecule has 0 aliphatic heterocycles. The van der Waals surface area contributed by atoms with Crippen LogP contribution < -0.4 is 34.7 Å². The van der Waals surface area contributed by atoms with Crippen LogP contribution in [0, 0.1) is 5.92 Å². The van der Waals surface area contributed by atoms with E-state index in [1.54, 1.807) is 0 Å². The molecule has 3 nitrogen and oxygen atoms in total. The zero-order chi connectivity index (χ0) is 6.15. The van der Waals surface area contributed by atoms with E-state index >= 15 is 0 Å². The fourth-order valence-corrected chi connectivity index (χ4v) is 0.780. The Morgan fingerprint density at radius 1 is 1.56 bits per heavy atom. The van der Waals surface area contributed by atoms with E-state index in [0.717, 1.165) is 0 Å². The summed E-state index contributed by atoms with van der Waals surface area (Å²) in [5, 5.41) is 18.5. The van der Waals surface area contributed by atoms with Gasteiger partial charge in [-0.25, -0.2) is 0 Å². The van der Waals surface area contributed by atoms with Gasteiger partial charge in [0.05, 0.1) is 6.10 Å². The largest absolute Gasteiger partial charge is 1.00 e. The van der Waals surface area contributed by atoms with Crippen LogP contribution in [0.2, 0.25) is 0 Å². The van der Waals surface area contributed by atoms with Crippen LogP contribution in [0.25, 0.3) is 0 Å². The van der Waals surface area contributed by atoms with Gasteiger partial charge in [0.25, 0.3) is 0 Å². The number of hydrogen-bond donors (Lipinski definition) is 1. The SMILES string of the molecule is O=C([O-])C1CC(O)C1.[Na+]. The smallest absolute Gasteiger partial charge is 0.550 e. The van der Waals surface area contributed by atoms with Crippen molar-refractivity contribution in [3.05, 3.63) is 0 Å². The van der Waals surface area contributed by atoms with Crippen LogP contribution in [-0.2, 0) is 4.79 Å². The number of hydrogen-bond acceptors (Lipinski definition) is 3. The number of carbonyl (C=O) groups excluding carboxylic acids is 1. The van der Waals surface area contributed by atoms with Crippen LogP contribution in [0.1, 0.15) is 12.8 Å². The van der Waals surface area contributed by atoms with E-state index in [1.165, 1.54) is 0 Å². The maximum Gasteiger partial charge on any atom is 1.00 e. The van der Waals surface area contributed by atoms with E-state index < -0.39 is 12.1 Å². The Kier molecular flexibility index (Phi) is 3.73. The Morgan fingerprint density at radius 2 is 2.00 bits per heavy atom. The van der Waals surface area contributed by atoms with Crippen molar-refractivity contribution in [2.24, 2.45) is 5.92 Å². The standard InChI is InChI=1S/C5H8O3.Na/c6-4-1-3(2-4)5(7)8;/h3-4,6H,1-2H2,(H,7,8);/q;+1/p-1. The molecule has 0 aromatic heterocycles. The Balaban J connectivity index is 0.000000640. The number of rotatable bonds is 1. The predicted octanol–water partition coefficient (Wildman–Crippen LogP) is -4.49. The molecule has 0 aromatic carbocycles. The van der Waals surface area contributed by atoms with Crippen LogP contribution in [0.3, 0.4) is 0 Å². The molecule has 0 bridgehead atoms. The second-order valence-corrected chi connectivity index (χ2v) is 2.14. The second kappa shape index (κ2) is 3.56. The van der Waals surface area contributed by atoms with Gasteiger partial charge in [-0.2, -0.15) is 0 Å². The predicted molar refractivity (Wildman–Crippen MR) is 23.7 cm³/mol. The molecule has 0 saturated heterocycles. The summed E-state index contributed by atoms with van der Waals surface area (Å²) >= 11 is 0. The Hall–Kier alpha value is 0.430. The summed E-state index contributed by atoms with van der Waals surface area (Å²) in [6, 6.07) is 0. The van der Waals surface area contributed by atoms with Gasteiger partial charge in [-0.05, 0) is 12.8 Å². The molecule has 1 fully saturated rings. The van der Waals surface area contributed by atoms with Gasteiger partial charge in [0.15, 0.2) is 0 Å². The average molecular weight is 138 g/mol. The monoisotopic (exact) mass is 138 g/mol. The van der Waals surface area contributed by atoms with E-state index in [9.17, 15) is 9.90 Å². The Bertz CT molecular complexity index is 109. The van der Waals surface area contributed by atoms with Crippen molar-refractivity contribution in [2.75, 3.05) is 0 Å². The zero-order valence-corrected chi connectivity index (χ0v) is 7.33. The topological polar surface area (TPSA) is 60.4 Å². The quantitative estimate of drug-likeness (QED) is 0.371. The number of carboxylic acids is 1. The Labute approximate surface area is 75.4 Å². The van der Waals surface area contributed by atoms with Crippen LogP contribution in [0.4, 0.5) is 0 Å². The minimum atomic E-state index is -1.03. The molecule has 0 radical (unpaired) electrons. The summed E-state index contributed by atoms with van der Waals surface area (Å²) in [6.07, 6.45) is 0.364. The van der Waals surface area contributed by atoms with Crippen LogP contribution in [-0.4, -0.2) is 17.2 Å². The molecule has 0 atom stereocenters. The molecule has 0 spiro atoms. The molecule has 1 aliphatic carbocycles. The van der Waals surface area contributed by atoms with Gasteiger partial charge in [-0.1, -0.05) is 0 Å². The zero-order valence-electron chi connectivity index (χ0n) is 5.33. The van der Waals surface area contributed by atoms with Crippen molar-refractivity contribution in [3.63, 3.8) is 0 Å². The van der Waals surface area contributed by atoms with E-state index in [4.69, 9.17) is 5.11 Å². The molecule has 4 heteroatoms. The van der Waals surface area contributed by atoms with E-state index in [1.807, 2.05) is 0 Å². The van der Waals surface area contributed by atoms with Crippen LogP contribution >= 0.6 is 0 Å². The van der Waals surface area contributed by atoms with Crippen molar-refractivity contribution in [1.82, 2.24) is 0 Å². The number of carbonyl (C=O) groups is 1. The fourth-order valence-electron chi connectivity index (χ4n) is 0.780. The van der Waals surface area contributed by atoms with Crippen molar-refractivity contribution < 1.29 is 44.6 Å². The molecule has 0 amide bonds. The second-order valence-electron chi connectivity index (χ2n) is 2.14. The number of carboxylic acid groups (broad SMARTS) is 1. The van der Waals surface area contributed by atoms with Gasteiger partial charge in [0.2, 0.25) is 0 Å². The van der Waals surface area contributed by atoms with Gasteiger partial charge in [0.1, 0.15) is 0 Å². The molecular formula is C5H7NaO3. The summed E-state index contributed by atoms with van der Waals surface area (Å²) in [5.74, 6) is -1.42. The van der Waals surface area contributed by atoms with Gasteiger partial charge in [-0.15, -0.1) is 0 Å². The summed E-state index contributed by atoms with van der Waals surface area (Å²) in [4.78, 5) is 9.90. The normalized spacial score (nSPS) is 32.1. The third-order valence-electron chi connectivity index (χ3n) is 1.45. The number of aliphatic hydroxyl groups is 1. The maximum absolute atomic E-state index is 9.90. The first-order valence-corrected chi connectivity index (χ1v) is 2.59. The molecule has 46 valence electrons. The first-order valence-electron chi connectivity index (χ1n) is 2.59. The van der Waals surface area contributed by atoms with Crippen LogP contribution in [0.5, 0.6) is 0 Å². The molecular weight excluding hydrogens is 131 g/mol. The minimum Gasteiger partial charge on any atom is -0.550 e. The van der Waals surface area contributed by atoms with Gasteiger partial charge in [0, 0.05) is 11.9 Å². The summed E-state index contributed by atoms with van der Waals surface area (Å²) in [6.45, 7) is 0. The van der Waals surface area contributed by atoms with Crippen LogP contribution in [0.15, 0.2) is 0 Å². The molecule has 1 aliphatic rings. The molecule has 1 saturated carbocycles. The molecule has 0 unspecified atom stereocenters. The third kappa shape index (κ3) is 2.26. The van der Waals surface area contributed by atoms with E-state index in [0.29, 0.717) is 12.8 Å². The van der Waals surface area contributed by atoms with Gasteiger partial charge < -0.3 is 15.0 Å². The van der Waals surface area contributed by atoms with Gasteiger partial charge >= 0.3 is 29.6 Å². The average Bonchev–Trinajstić information content (AvgIpc) is 1.57. The first kappa shape index (κ1) is 9.43. The third-order valence-corrected chi connectivity index (χ3v) is 1.45. The van der Waals surface area contributed by atoms with Crippen molar-refractivity contribution in [1.29, 1.82) is 0 Å². The van der Waals surface area contributed by atoms with Crippen molar-refractivity contribution in [2.45, 2.75) is 18.9 Å². The van der Waals surface area contributed by atoms with Crippen molar-refractivity contribution in [3.8, 4) is 0 Å². The van der Waals surface area contributed by atoms with Crippen molar-refractivity contribution >= 4 is 5.97 Å².